The van der Waals surface area contributed by atoms with E-state index in [2.05, 4.69) is 20.8 Å². The molecule has 13 heteroatoms. The van der Waals surface area contributed by atoms with Gasteiger partial charge in [-0.3, -0.25) is 14.6 Å². The van der Waals surface area contributed by atoms with Crippen molar-refractivity contribution >= 4 is 49.4 Å². The molecule has 3 aromatic rings. The van der Waals surface area contributed by atoms with Gasteiger partial charge in [-0.1, -0.05) is 18.2 Å². The van der Waals surface area contributed by atoms with Crippen molar-refractivity contribution in [3.63, 3.8) is 0 Å². The SMILES string of the molecule is CN/N=C(\SC=O)C1CN(S(=O)(=O)N2CCCC2)CCC1NC(=O)c1ccc(OCc2cc(C)nc3ccccc23)cc1. The first kappa shape index (κ1) is 30.9. The van der Waals surface area contributed by atoms with E-state index in [4.69, 9.17) is 4.74 Å². The molecule has 2 fully saturated rings. The van der Waals surface area contributed by atoms with Crippen LogP contribution >= 0.6 is 11.8 Å². The summed E-state index contributed by atoms with van der Waals surface area (Å²) in [6.45, 7) is 3.69. The molecule has 228 valence electrons. The number of rotatable bonds is 10. The summed E-state index contributed by atoms with van der Waals surface area (Å²) in [4.78, 5) is 29.3. The maximum atomic E-state index is 13.3. The fourth-order valence-corrected chi connectivity index (χ4v) is 8.01. The number of pyridine rings is 1. The lowest BCUT2D eigenvalue weighted by Gasteiger charge is -2.39. The molecule has 5 rings (SSSR count). The van der Waals surface area contributed by atoms with Gasteiger partial charge >= 0.3 is 0 Å². The number of carbonyl (C=O) groups excluding carboxylic acids is 2. The summed E-state index contributed by atoms with van der Waals surface area (Å²) in [6.07, 6.45) is 2.06. The Balaban J connectivity index is 1.27. The molecule has 0 aliphatic carbocycles. The minimum atomic E-state index is -3.64. The van der Waals surface area contributed by atoms with Gasteiger partial charge in [0.1, 0.15) is 17.4 Å². The third-order valence-electron chi connectivity index (χ3n) is 7.76. The molecule has 2 aliphatic heterocycles. The second kappa shape index (κ2) is 13.8. The van der Waals surface area contributed by atoms with Crippen LogP contribution in [-0.2, 0) is 21.6 Å². The quantitative estimate of drug-likeness (QED) is 0.152. The Kier molecular flexibility index (Phi) is 9.96. The Morgan fingerprint density at radius 1 is 1.12 bits per heavy atom. The number of amides is 1. The summed E-state index contributed by atoms with van der Waals surface area (Å²) in [5.74, 6) is -0.175. The molecule has 1 aromatic heterocycles. The van der Waals surface area contributed by atoms with Gasteiger partial charge in [-0.2, -0.15) is 22.1 Å². The standard InChI is InChI=1S/C30H36N6O5S2/c1-21-17-23(25-7-3-4-8-27(25)32-21)19-41-24-11-9-22(10-12-24)29(38)33-28-13-16-36(43(39,40)35-14-5-6-15-35)18-26(28)30(34-31-2)42-20-37/h3-4,7-12,17,20,26,28,31H,5-6,13-16,18-19H2,1-2H3,(H,33,38)/b34-30-. The molecule has 0 bridgehead atoms. The number of hydrazone groups is 1. The van der Waals surface area contributed by atoms with Gasteiger partial charge in [-0.05, 0) is 74.3 Å². The summed E-state index contributed by atoms with van der Waals surface area (Å²) < 4.78 is 35.6. The predicted molar refractivity (Wildman–Crippen MR) is 169 cm³/mol. The number of thioether (sulfide) groups is 1. The molecule has 2 unspecified atom stereocenters. The average molecular weight is 625 g/mol. The molecule has 2 aliphatic rings. The highest BCUT2D eigenvalue weighted by Crippen LogP contribution is 2.28. The average Bonchev–Trinajstić information content (AvgIpc) is 3.56. The van der Waals surface area contributed by atoms with Crippen LogP contribution in [0.2, 0.25) is 0 Å². The van der Waals surface area contributed by atoms with Gasteiger partial charge in [0.15, 0.2) is 5.62 Å². The number of ether oxygens (including phenoxy) is 1. The topological polar surface area (TPSA) is 133 Å². The number of aromatic nitrogens is 1. The predicted octanol–water partition coefficient (Wildman–Crippen LogP) is 3.34. The molecule has 2 saturated heterocycles. The summed E-state index contributed by atoms with van der Waals surface area (Å²) in [7, 11) is -2.03. The summed E-state index contributed by atoms with van der Waals surface area (Å²) in [6, 6.07) is 16.4. The van der Waals surface area contributed by atoms with E-state index in [1.165, 1.54) is 8.61 Å². The van der Waals surface area contributed by atoms with E-state index >= 15 is 0 Å². The molecule has 0 spiro atoms. The van der Waals surface area contributed by atoms with E-state index in [0.717, 1.165) is 46.8 Å². The van der Waals surface area contributed by atoms with Gasteiger partial charge in [0.25, 0.3) is 16.1 Å². The third-order valence-corrected chi connectivity index (χ3v) is 10.5. The van der Waals surface area contributed by atoms with Gasteiger partial charge in [0.05, 0.1) is 5.52 Å². The van der Waals surface area contributed by atoms with Crippen LogP contribution in [0.4, 0.5) is 0 Å². The second-order valence-electron chi connectivity index (χ2n) is 10.6. The highest BCUT2D eigenvalue weighted by molar-refractivity contribution is 8.24. The number of benzene rings is 2. The fourth-order valence-electron chi connectivity index (χ4n) is 5.62. The molecule has 0 radical (unpaired) electrons. The normalized spacial score (nSPS) is 20.2. The minimum absolute atomic E-state index is 0.112. The van der Waals surface area contributed by atoms with Crippen LogP contribution in [0.5, 0.6) is 5.75 Å². The number of hydrogen-bond acceptors (Lipinski definition) is 9. The lowest BCUT2D eigenvalue weighted by molar-refractivity contribution is 0.0912. The first-order valence-electron chi connectivity index (χ1n) is 14.3. The maximum absolute atomic E-state index is 13.3. The minimum Gasteiger partial charge on any atom is -0.489 e. The Bertz CT molecular complexity index is 1590. The fraction of sp³-hybridized carbons (Fsp3) is 0.400. The molecular weight excluding hydrogens is 589 g/mol. The van der Waals surface area contributed by atoms with Crippen molar-refractivity contribution in [1.82, 2.24) is 24.3 Å². The van der Waals surface area contributed by atoms with Crippen LogP contribution in [0.3, 0.4) is 0 Å². The van der Waals surface area contributed by atoms with Crippen LogP contribution in [0, 0.1) is 12.8 Å². The zero-order valence-corrected chi connectivity index (χ0v) is 25.9. The van der Waals surface area contributed by atoms with Gasteiger partial charge in [-0.15, -0.1) is 0 Å². The monoisotopic (exact) mass is 624 g/mol. The largest absolute Gasteiger partial charge is 0.489 e. The Labute approximate surface area is 256 Å². The van der Waals surface area contributed by atoms with Gasteiger partial charge in [-0.25, -0.2) is 0 Å². The molecule has 2 aromatic carbocycles. The number of aryl methyl sites for hydroxylation is 1. The summed E-state index contributed by atoms with van der Waals surface area (Å²) >= 11 is 0.886. The van der Waals surface area contributed by atoms with E-state index in [1.54, 1.807) is 31.3 Å². The van der Waals surface area contributed by atoms with Gasteiger partial charge < -0.3 is 15.5 Å². The Morgan fingerprint density at radius 3 is 2.58 bits per heavy atom. The number of hydrogen-bond donors (Lipinski definition) is 2. The number of fused-ring (bicyclic) bond motifs is 1. The lowest BCUT2D eigenvalue weighted by atomic mass is 9.93. The van der Waals surface area contributed by atoms with Crippen LogP contribution in [0.15, 0.2) is 59.7 Å². The lowest BCUT2D eigenvalue weighted by Crippen LogP contribution is -2.56. The van der Waals surface area contributed by atoms with E-state index < -0.39 is 22.2 Å². The van der Waals surface area contributed by atoms with Crippen molar-refractivity contribution in [2.45, 2.75) is 38.8 Å². The van der Waals surface area contributed by atoms with Crippen molar-refractivity contribution < 1.29 is 22.7 Å². The molecular formula is C30H36N6O5S2. The van der Waals surface area contributed by atoms with Crippen molar-refractivity contribution in [3.8, 4) is 5.75 Å². The zero-order chi connectivity index (χ0) is 30.4. The number of nitrogens with one attached hydrogen (secondary N) is 2. The summed E-state index contributed by atoms with van der Waals surface area (Å²) in [5, 5.41) is 8.78. The van der Waals surface area contributed by atoms with Gasteiger partial charge in [0, 0.05) is 67.4 Å². The van der Waals surface area contributed by atoms with Crippen molar-refractivity contribution in [3.05, 3.63) is 71.4 Å². The van der Waals surface area contributed by atoms with Crippen molar-refractivity contribution in [1.29, 1.82) is 0 Å². The Morgan fingerprint density at radius 2 is 1.86 bits per heavy atom. The smallest absolute Gasteiger partial charge is 0.281 e. The van der Waals surface area contributed by atoms with E-state index in [1.807, 2.05) is 37.3 Å². The van der Waals surface area contributed by atoms with Crippen molar-refractivity contribution in [2.24, 2.45) is 11.0 Å². The van der Waals surface area contributed by atoms with Gasteiger partial charge in [0.2, 0.25) is 0 Å². The maximum Gasteiger partial charge on any atom is 0.281 e. The number of nitrogens with zero attached hydrogens (tertiary/aromatic N) is 4. The number of piperidine rings is 1. The highest BCUT2D eigenvalue weighted by Gasteiger charge is 2.41. The van der Waals surface area contributed by atoms with Crippen LogP contribution < -0.4 is 15.5 Å². The molecule has 2 N–H and O–H groups in total. The van der Waals surface area contributed by atoms with Crippen LogP contribution in [0.25, 0.3) is 10.9 Å². The van der Waals surface area contributed by atoms with Crippen molar-refractivity contribution in [2.75, 3.05) is 33.2 Å². The van der Waals surface area contributed by atoms with E-state index in [9.17, 15) is 18.0 Å². The Hall–Kier alpha value is -3.52. The molecule has 11 nitrogen and oxygen atoms in total. The zero-order valence-electron chi connectivity index (χ0n) is 24.2. The molecule has 2 atom stereocenters. The number of carbonyl (C=O) groups is 2. The first-order chi connectivity index (χ1) is 20.8. The third kappa shape index (κ3) is 7.18. The first-order valence-corrected chi connectivity index (χ1v) is 16.6. The van der Waals surface area contributed by atoms with E-state index in [-0.39, 0.29) is 19.0 Å². The van der Waals surface area contributed by atoms with Crippen LogP contribution in [0.1, 0.15) is 40.9 Å². The molecule has 0 saturated carbocycles. The highest BCUT2D eigenvalue weighted by atomic mass is 32.2. The number of para-hydroxylation sites is 1. The second-order valence-corrected chi connectivity index (χ2v) is 13.4. The van der Waals surface area contributed by atoms with Crippen LogP contribution in [-0.4, -0.2) is 77.8 Å². The van der Waals surface area contributed by atoms with E-state index in [0.29, 0.717) is 48.1 Å². The summed E-state index contributed by atoms with van der Waals surface area (Å²) in [5.41, 5.74) is 6.67. The molecule has 43 heavy (non-hydrogen) atoms. The molecule has 1 amide bonds. The molecule has 3 heterocycles.